The minimum atomic E-state index is -1.40. The summed E-state index contributed by atoms with van der Waals surface area (Å²) >= 11 is 0. The quantitative estimate of drug-likeness (QED) is 0.0355. The molecule has 13 N–H and O–H groups in total. The van der Waals surface area contributed by atoms with Crippen molar-refractivity contribution in [2.45, 2.75) is 136 Å². The first-order chi connectivity index (χ1) is 33.7. The minimum Gasteiger partial charge on any atom is -0.463 e. The standard InChI is InChI=1S/C13H19N3O7.C13H19N3O6.C9H13N3O5.C7H13NO2.CH4/c1-6(2)12(19)22-5-7-9(17)10(18)11(23-7)16-4-3-8(15-21)14-13(16)20;1-6(2)12(19)21-5-7-9(17)10(18)11(22-7)16-4-3-8(14)15-13(16)20;10-5-1-2-12(9(16)11-5)8-7(15)6(14)4(3-13)17-8;1-5(2)7(9)10-8-6(3)4;/h3-4,6-7,9-11,17-18,21H,5H2,1-2H3,(H,14,15,20);3-4,6-7,9-11,17-18H,5H2,1-2H3,(H2,14,15,20);1-2,4,6-8,13-15H,3H2,(H2,10,11,16);5H,1-4H3;1H4/t2*7-,9-,10-,11-;4-,6-,7-,8-;;/m111../s1. The number of hydrogen-bond donors (Lipinski definition) is 11. The molecule has 0 aromatic carbocycles. The van der Waals surface area contributed by atoms with E-state index < -0.39 is 109 Å². The number of nitrogens with two attached hydrogens (primary N) is 2. The highest BCUT2D eigenvalue weighted by molar-refractivity contribution is 5.80. The Hall–Kier alpha value is -6.32. The molecule has 0 aliphatic carbocycles. The van der Waals surface area contributed by atoms with Crippen LogP contribution in [-0.2, 0) is 42.9 Å². The van der Waals surface area contributed by atoms with Crippen LogP contribution in [0, 0.1) is 17.8 Å². The van der Waals surface area contributed by atoms with Crippen LogP contribution in [0.15, 0.2) is 56.3 Å². The number of anilines is 3. The fourth-order valence-corrected chi connectivity index (χ4v) is 6.11. The third-order valence-electron chi connectivity index (χ3n) is 10.2. The van der Waals surface area contributed by atoms with Gasteiger partial charge < -0.3 is 75.7 Å². The highest BCUT2D eigenvalue weighted by atomic mass is 16.7. The van der Waals surface area contributed by atoms with E-state index in [4.69, 9.17) is 45.5 Å². The summed E-state index contributed by atoms with van der Waals surface area (Å²) in [5.74, 6) is -1.93. The molecule has 3 aliphatic heterocycles. The first kappa shape index (κ1) is 62.8. The van der Waals surface area contributed by atoms with Gasteiger partial charge in [-0.15, -0.1) is 0 Å². The molecule has 410 valence electrons. The molecule has 0 bridgehead atoms. The second kappa shape index (κ2) is 28.8. The molecule has 73 heavy (non-hydrogen) atoms. The van der Waals surface area contributed by atoms with Crippen molar-refractivity contribution >= 4 is 41.1 Å². The topological polar surface area (TPSA) is 450 Å². The molecule has 0 amide bonds. The number of aliphatic hydroxyl groups is 7. The van der Waals surface area contributed by atoms with Crippen LogP contribution in [-0.4, -0.2) is 168 Å². The maximum atomic E-state index is 11.8. The van der Waals surface area contributed by atoms with Crippen molar-refractivity contribution in [3.05, 3.63) is 68.2 Å². The predicted octanol–water partition coefficient (Wildman–Crippen LogP) is -2.84. The molecule has 0 unspecified atom stereocenters. The van der Waals surface area contributed by atoms with Crippen molar-refractivity contribution in [3.63, 3.8) is 0 Å². The zero-order chi connectivity index (χ0) is 54.3. The first-order valence-corrected chi connectivity index (χ1v) is 22.1. The SMILES string of the molecule is C.CC(C)=NOC(=O)C(C)C.CC(C)C(=O)OC[C@H]1O[C@@H](n2ccc(N)nc2=O)[C@H](O)[C@@H]1O.CC(C)C(=O)OC[C@H]1O[C@@H](n2ccc(NO)nc2=O)[C@H](O)[C@@H]1O.Nc1ccn([C@@H]2O[C@H](CO)[C@@H](O)[C@H]2O)c(=O)n1. The van der Waals surface area contributed by atoms with E-state index in [-0.39, 0.29) is 61.8 Å². The predicted molar refractivity (Wildman–Crippen MR) is 253 cm³/mol. The fourth-order valence-electron chi connectivity index (χ4n) is 6.11. The molecule has 30 nitrogen and oxygen atoms in total. The number of aromatic nitrogens is 6. The maximum absolute atomic E-state index is 11.8. The minimum absolute atomic E-state index is 0. The van der Waals surface area contributed by atoms with E-state index in [0.29, 0.717) is 0 Å². The van der Waals surface area contributed by atoms with Crippen molar-refractivity contribution in [1.82, 2.24) is 28.7 Å². The average molecular weight is 1050 g/mol. The van der Waals surface area contributed by atoms with Gasteiger partial charge >= 0.3 is 35.0 Å². The van der Waals surface area contributed by atoms with Crippen molar-refractivity contribution < 1.29 is 83.9 Å². The number of nitrogens with one attached hydrogen (secondary N) is 1. The lowest BCUT2D eigenvalue weighted by atomic mass is 10.1. The molecule has 12 atom stereocenters. The zero-order valence-electron chi connectivity index (χ0n) is 40.5. The van der Waals surface area contributed by atoms with E-state index >= 15 is 0 Å². The van der Waals surface area contributed by atoms with Gasteiger partial charge in [-0.05, 0) is 32.0 Å². The second-order valence-corrected chi connectivity index (χ2v) is 17.2. The summed E-state index contributed by atoms with van der Waals surface area (Å²) in [6.07, 6.45) is -10.3. The molecule has 3 aromatic rings. The Kier molecular flexibility index (Phi) is 24.8. The molecule has 30 heteroatoms. The summed E-state index contributed by atoms with van der Waals surface area (Å²) < 4.78 is 29.0. The molecule has 0 saturated carbocycles. The van der Waals surface area contributed by atoms with Crippen LogP contribution >= 0.6 is 0 Å². The number of esters is 2. The number of carbonyl (C=O) groups is 3. The van der Waals surface area contributed by atoms with Crippen molar-refractivity contribution in [2.24, 2.45) is 22.9 Å². The Bertz CT molecular complexity index is 2460. The zero-order valence-corrected chi connectivity index (χ0v) is 40.5. The second-order valence-electron chi connectivity index (χ2n) is 17.2. The average Bonchev–Trinajstić information content (AvgIpc) is 3.89. The molecular weight excluding hydrogens is 977 g/mol. The normalized spacial score (nSPS) is 26.0. The molecule has 6 heterocycles. The van der Waals surface area contributed by atoms with Gasteiger partial charge in [0.05, 0.1) is 30.1 Å². The van der Waals surface area contributed by atoms with Crippen molar-refractivity contribution in [1.29, 1.82) is 0 Å². The third kappa shape index (κ3) is 17.4. The Morgan fingerprint density at radius 1 is 0.616 bits per heavy atom. The van der Waals surface area contributed by atoms with Gasteiger partial charge in [0, 0.05) is 18.6 Å². The van der Waals surface area contributed by atoms with Gasteiger partial charge in [0.2, 0.25) is 0 Å². The van der Waals surface area contributed by atoms with Crippen LogP contribution in [0.4, 0.5) is 17.5 Å². The largest absolute Gasteiger partial charge is 0.463 e. The summed E-state index contributed by atoms with van der Waals surface area (Å²) in [7, 11) is 0. The molecular formula is C43H68N10O20. The van der Waals surface area contributed by atoms with Crippen LogP contribution in [0.3, 0.4) is 0 Å². The van der Waals surface area contributed by atoms with Crippen LogP contribution in [0.25, 0.3) is 0 Å². The lowest BCUT2D eigenvalue weighted by Gasteiger charge is -2.17. The summed E-state index contributed by atoms with van der Waals surface area (Å²) in [5, 5.41) is 80.3. The van der Waals surface area contributed by atoms with Gasteiger partial charge in [-0.1, -0.05) is 54.1 Å². The van der Waals surface area contributed by atoms with E-state index in [0.717, 1.165) is 19.4 Å². The van der Waals surface area contributed by atoms with E-state index in [1.54, 1.807) is 60.9 Å². The lowest BCUT2D eigenvalue weighted by Crippen LogP contribution is -2.36. The first-order valence-electron chi connectivity index (χ1n) is 22.1. The molecule has 3 fully saturated rings. The summed E-state index contributed by atoms with van der Waals surface area (Å²) in [5.41, 5.74) is 11.0. The van der Waals surface area contributed by atoms with E-state index in [1.807, 2.05) is 0 Å². The summed E-state index contributed by atoms with van der Waals surface area (Å²) in [6, 6.07) is 4.03. The molecule has 6 rings (SSSR count). The Morgan fingerprint density at radius 2 is 0.959 bits per heavy atom. The van der Waals surface area contributed by atoms with Crippen LogP contribution in [0.5, 0.6) is 0 Å². The smallest absolute Gasteiger partial charge is 0.351 e. The lowest BCUT2D eigenvalue weighted by molar-refractivity contribution is -0.154. The Morgan fingerprint density at radius 3 is 1.26 bits per heavy atom. The fraction of sp³-hybridized carbons (Fsp3) is 0.628. The van der Waals surface area contributed by atoms with Crippen LogP contribution in [0.2, 0.25) is 0 Å². The van der Waals surface area contributed by atoms with Gasteiger partial charge in [-0.25, -0.2) is 19.2 Å². The number of rotatable bonds is 13. The number of nitrogens with zero attached hydrogens (tertiary/aromatic N) is 7. The van der Waals surface area contributed by atoms with Crippen LogP contribution in [0.1, 0.15) is 81.5 Å². The Balaban J connectivity index is 0.000000344. The maximum Gasteiger partial charge on any atom is 0.351 e. The highest BCUT2D eigenvalue weighted by Crippen LogP contribution is 2.31. The number of oxime groups is 1. The third-order valence-corrected chi connectivity index (χ3v) is 10.2. The van der Waals surface area contributed by atoms with E-state index in [1.165, 1.54) is 36.8 Å². The summed E-state index contributed by atoms with van der Waals surface area (Å²) in [6.45, 7) is 12.8. The molecule has 3 aliphatic rings. The Labute approximate surface area is 417 Å². The van der Waals surface area contributed by atoms with Gasteiger partial charge in [0.1, 0.15) is 79.8 Å². The van der Waals surface area contributed by atoms with Crippen molar-refractivity contribution in [2.75, 3.05) is 36.8 Å². The van der Waals surface area contributed by atoms with E-state index in [2.05, 4.69) is 24.9 Å². The molecule has 0 radical (unpaired) electrons. The number of aliphatic hydroxyl groups excluding tert-OH is 7. The number of ether oxygens (including phenoxy) is 5. The van der Waals surface area contributed by atoms with Gasteiger partial charge in [-0.3, -0.25) is 34.0 Å². The number of nitrogen functional groups attached to an aromatic ring is 2. The molecule has 0 spiro atoms. The van der Waals surface area contributed by atoms with Gasteiger partial charge in [0.25, 0.3) is 0 Å². The van der Waals surface area contributed by atoms with Crippen molar-refractivity contribution in [3.8, 4) is 0 Å². The van der Waals surface area contributed by atoms with Crippen LogP contribution < -0.4 is 34.0 Å². The van der Waals surface area contributed by atoms with Gasteiger partial charge in [0.15, 0.2) is 24.5 Å². The monoisotopic (exact) mass is 1040 g/mol. The number of hydrogen-bond acceptors (Lipinski definition) is 27. The molecule has 3 aromatic heterocycles. The van der Waals surface area contributed by atoms with Gasteiger partial charge in [-0.2, -0.15) is 15.0 Å². The van der Waals surface area contributed by atoms with E-state index in [9.17, 15) is 59.4 Å². The molecule has 3 saturated heterocycles. The highest BCUT2D eigenvalue weighted by Gasteiger charge is 2.46. The number of carbonyl (C=O) groups excluding carboxylic acids is 3. The summed E-state index contributed by atoms with van der Waals surface area (Å²) in [4.78, 5) is 83.7.